The number of hydrogen-bond donors (Lipinski definition) is 5. The number of aliphatic hydroxyl groups excluding tert-OH is 3. The molecule has 2 saturated heterocycles. The maximum absolute atomic E-state index is 13.2. The van der Waals surface area contributed by atoms with Gasteiger partial charge in [0.25, 0.3) is 0 Å². The molecule has 0 saturated carbocycles. The number of benzene rings is 3. The van der Waals surface area contributed by atoms with Gasteiger partial charge in [-0.3, -0.25) is 4.79 Å². The van der Waals surface area contributed by atoms with Gasteiger partial charge in [0.1, 0.15) is 23.9 Å². The second kappa shape index (κ2) is 10.9. The molecule has 5 atom stereocenters. The number of carbonyl (C=O) groups is 1. The van der Waals surface area contributed by atoms with Gasteiger partial charge in [-0.15, -0.1) is 11.3 Å². The zero-order valence-electron chi connectivity index (χ0n) is 22.7. The predicted molar refractivity (Wildman–Crippen MR) is 162 cm³/mol. The first kappa shape index (κ1) is 27.8. The van der Waals surface area contributed by atoms with Crippen molar-refractivity contribution in [2.75, 3.05) is 36.5 Å². The maximum Gasteiger partial charge on any atom is 0.335 e. The number of rotatable bonds is 5. The zero-order chi connectivity index (χ0) is 29.8. The van der Waals surface area contributed by atoms with E-state index in [2.05, 4.69) is 5.32 Å². The van der Waals surface area contributed by atoms with Crippen LogP contribution in [0.3, 0.4) is 0 Å². The van der Waals surface area contributed by atoms with E-state index >= 15 is 0 Å². The Morgan fingerprint density at radius 1 is 0.907 bits per heavy atom. The summed E-state index contributed by atoms with van der Waals surface area (Å²) in [6, 6.07) is 18.4. The van der Waals surface area contributed by atoms with E-state index in [4.69, 9.17) is 13.9 Å². The first-order valence-corrected chi connectivity index (χ1v) is 14.7. The highest BCUT2D eigenvalue weighted by molar-refractivity contribution is 7.26. The second-order valence-corrected chi connectivity index (χ2v) is 11.7. The lowest BCUT2D eigenvalue weighted by Crippen LogP contribution is -2.61. The molecule has 5 unspecified atom stereocenters. The third kappa shape index (κ3) is 4.72. The molecular formula is C31H28N2O9S. The van der Waals surface area contributed by atoms with Crippen LogP contribution in [0.1, 0.15) is 0 Å². The van der Waals surface area contributed by atoms with Crippen LogP contribution in [0.4, 0.5) is 11.6 Å². The molecule has 2 aliphatic rings. The molecule has 12 heteroatoms. The number of anilines is 2. The van der Waals surface area contributed by atoms with Crippen molar-refractivity contribution in [1.82, 2.24) is 0 Å². The molecule has 4 heterocycles. The third-order valence-corrected chi connectivity index (χ3v) is 9.24. The largest absolute Gasteiger partial charge is 0.479 e. The number of nitrogens with zero attached hydrogens (tertiary/aromatic N) is 1. The Morgan fingerprint density at radius 3 is 2.47 bits per heavy atom. The molecule has 7 rings (SSSR count). The third-order valence-electron chi connectivity index (χ3n) is 8.04. The second-order valence-electron chi connectivity index (χ2n) is 10.6. The van der Waals surface area contributed by atoms with Crippen LogP contribution in [0.25, 0.3) is 42.3 Å². The van der Waals surface area contributed by atoms with Crippen LogP contribution in [0.2, 0.25) is 0 Å². The lowest BCUT2D eigenvalue weighted by Gasteiger charge is -2.39. The molecule has 0 aliphatic carbocycles. The smallest absolute Gasteiger partial charge is 0.335 e. The number of thiophene rings is 1. The summed E-state index contributed by atoms with van der Waals surface area (Å²) in [6.07, 6.45) is -8.18. The molecule has 2 fully saturated rings. The number of carboxylic acid groups (broad SMARTS) is 1. The first-order chi connectivity index (χ1) is 20.8. The standard InChI is InChI=1S/C31H28N2O9S/c34-20-14-22(33-10-12-40-13-11-33)41-27-15(5-3-6-17(20)27)16-8-9-19(23-18-4-1-2-7-21(18)43-29(16)23)32-30-26(37)24(35)25(36)28(42-30)31(38)39/h1-9,14,24-26,28,30,32,35-37H,10-13H2,(H,38,39). The molecule has 5 aromatic rings. The van der Waals surface area contributed by atoms with E-state index < -0.39 is 36.6 Å². The number of carboxylic acids is 1. The van der Waals surface area contributed by atoms with E-state index in [9.17, 15) is 30.0 Å². The van der Waals surface area contributed by atoms with Gasteiger partial charge in [-0.2, -0.15) is 0 Å². The molecule has 5 N–H and O–H groups in total. The van der Waals surface area contributed by atoms with E-state index in [-0.39, 0.29) is 5.43 Å². The summed E-state index contributed by atoms with van der Waals surface area (Å²) in [5.74, 6) is -0.975. The Bertz CT molecular complexity index is 1910. The fourth-order valence-electron chi connectivity index (χ4n) is 5.83. The minimum Gasteiger partial charge on any atom is -0.479 e. The topological polar surface area (TPSA) is 162 Å². The van der Waals surface area contributed by atoms with E-state index in [0.29, 0.717) is 48.8 Å². The number of para-hydroxylation sites is 1. The number of ether oxygens (including phenoxy) is 2. The monoisotopic (exact) mass is 604 g/mol. The number of morpholine rings is 1. The van der Waals surface area contributed by atoms with Crippen molar-refractivity contribution in [3.05, 3.63) is 70.9 Å². The Labute approximate surface area is 248 Å². The van der Waals surface area contributed by atoms with Crippen molar-refractivity contribution in [3.63, 3.8) is 0 Å². The Kier molecular flexibility index (Phi) is 7.04. The Morgan fingerprint density at radius 2 is 1.67 bits per heavy atom. The van der Waals surface area contributed by atoms with E-state index in [1.54, 1.807) is 12.1 Å². The molecular weight excluding hydrogens is 576 g/mol. The summed E-state index contributed by atoms with van der Waals surface area (Å²) in [7, 11) is 0. The molecule has 0 radical (unpaired) electrons. The van der Waals surface area contributed by atoms with Crippen molar-refractivity contribution in [2.45, 2.75) is 30.6 Å². The van der Waals surface area contributed by atoms with Crippen LogP contribution in [-0.4, -0.2) is 83.3 Å². The van der Waals surface area contributed by atoms with Crippen molar-refractivity contribution in [1.29, 1.82) is 0 Å². The van der Waals surface area contributed by atoms with Crippen LogP contribution in [-0.2, 0) is 14.3 Å². The minimum atomic E-state index is -1.79. The van der Waals surface area contributed by atoms with Crippen molar-refractivity contribution < 1.29 is 39.1 Å². The molecule has 2 aromatic heterocycles. The van der Waals surface area contributed by atoms with Crippen molar-refractivity contribution in [3.8, 4) is 11.1 Å². The van der Waals surface area contributed by atoms with Crippen LogP contribution < -0.4 is 15.6 Å². The van der Waals surface area contributed by atoms with Gasteiger partial charge in [-0.05, 0) is 18.2 Å². The highest BCUT2D eigenvalue weighted by Gasteiger charge is 2.47. The summed E-state index contributed by atoms with van der Waals surface area (Å²) < 4.78 is 19.2. The van der Waals surface area contributed by atoms with Crippen molar-refractivity contribution >= 4 is 60.0 Å². The quantitative estimate of drug-likeness (QED) is 0.201. The van der Waals surface area contributed by atoms with Crippen LogP contribution in [0.5, 0.6) is 0 Å². The van der Waals surface area contributed by atoms with Crippen LogP contribution in [0, 0.1) is 0 Å². The summed E-state index contributed by atoms with van der Waals surface area (Å²) in [6.45, 7) is 2.31. The van der Waals surface area contributed by atoms with E-state index in [1.165, 1.54) is 17.4 Å². The summed E-state index contributed by atoms with van der Waals surface area (Å²) in [4.78, 5) is 26.9. The van der Waals surface area contributed by atoms with Gasteiger partial charge < -0.3 is 44.5 Å². The van der Waals surface area contributed by atoms with Gasteiger partial charge in [0.05, 0.1) is 18.6 Å². The zero-order valence-corrected chi connectivity index (χ0v) is 23.5. The first-order valence-electron chi connectivity index (χ1n) is 13.8. The normalized spacial score (nSPS) is 24.5. The van der Waals surface area contributed by atoms with Gasteiger partial charge in [0.2, 0.25) is 0 Å². The van der Waals surface area contributed by atoms with E-state index in [0.717, 1.165) is 31.3 Å². The number of hydrogen-bond acceptors (Lipinski definition) is 11. The molecule has 222 valence electrons. The Balaban J connectivity index is 1.38. The number of aliphatic hydroxyl groups is 3. The lowest BCUT2D eigenvalue weighted by atomic mass is 9.97. The number of aliphatic carboxylic acids is 1. The van der Waals surface area contributed by atoms with Crippen LogP contribution in [0.15, 0.2) is 69.9 Å². The maximum atomic E-state index is 13.2. The fraction of sp³-hybridized carbons (Fsp3) is 0.290. The number of nitrogens with one attached hydrogen (secondary N) is 1. The summed E-state index contributed by atoms with van der Waals surface area (Å²) >= 11 is 1.54. The molecule has 0 amide bonds. The highest BCUT2D eigenvalue weighted by atomic mass is 32.1. The average Bonchev–Trinajstić information content (AvgIpc) is 3.42. The summed E-state index contributed by atoms with van der Waals surface area (Å²) in [5, 5.41) is 45.9. The van der Waals surface area contributed by atoms with Crippen molar-refractivity contribution in [2.24, 2.45) is 0 Å². The molecule has 3 aromatic carbocycles. The van der Waals surface area contributed by atoms with E-state index in [1.807, 2.05) is 47.4 Å². The molecule has 2 aliphatic heterocycles. The van der Waals surface area contributed by atoms with Gasteiger partial charge in [-0.1, -0.05) is 36.4 Å². The van der Waals surface area contributed by atoms with Gasteiger partial charge in [0, 0.05) is 56.1 Å². The molecule has 0 bridgehead atoms. The molecule has 43 heavy (non-hydrogen) atoms. The van der Waals surface area contributed by atoms with Crippen LogP contribution >= 0.6 is 11.3 Å². The predicted octanol–water partition coefficient (Wildman–Crippen LogP) is 2.97. The minimum absolute atomic E-state index is 0.146. The SMILES string of the molecule is O=C(O)C1OC(Nc2ccc(-c3cccc4c(=O)cc(N5CCOCC5)oc34)c3sc4ccccc4c23)C(O)C(O)C1O. The Hall–Kier alpha value is -4.04. The molecule has 11 nitrogen and oxygen atoms in total. The van der Waals surface area contributed by atoms with Gasteiger partial charge in [0.15, 0.2) is 23.6 Å². The molecule has 0 spiro atoms. The average molecular weight is 605 g/mol. The highest BCUT2D eigenvalue weighted by Crippen LogP contribution is 2.45. The fourth-order valence-corrected chi connectivity index (χ4v) is 7.09. The number of fused-ring (bicyclic) bond motifs is 4. The lowest BCUT2D eigenvalue weighted by molar-refractivity contribution is -0.221. The van der Waals surface area contributed by atoms with Gasteiger partial charge >= 0.3 is 5.97 Å². The van der Waals surface area contributed by atoms with Gasteiger partial charge in [-0.25, -0.2) is 4.79 Å². The summed E-state index contributed by atoms with van der Waals surface area (Å²) in [5.41, 5.74) is 2.39.